The van der Waals surface area contributed by atoms with E-state index in [0.717, 1.165) is 64.5 Å². The maximum atomic E-state index is 15.4. The lowest BCUT2D eigenvalue weighted by Gasteiger charge is -2.63. The van der Waals surface area contributed by atoms with Gasteiger partial charge in [0.05, 0.1) is 31.8 Å². The van der Waals surface area contributed by atoms with Crippen LogP contribution in [0.2, 0.25) is 0 Å². The summed E-state index contributed by atoms with van der Waals surface area (Å²) >= 11 is 0. The van der Waals surface area contributed by atoms with Crippen molar-refractivity contribution in [2.75, 3.05) is 61.1 Å². The number of fused-ring (bicyclic) bond motifs is 5. The number of carbonyl (C=O) groups excluding carboxylic acids is 3. The van der Waals surface area contributed by atoms with Gasteiger partial charge in [0.2, 0.25) is 5.60 Å². The third kappa shape index (κ3) is 5.74. The topological polar surface area (TPSA) is 155 Å². The average molecular weight is 847 g/mol. The first-order chi connectivity index (χ1) is 29.7. The van der Waals surface area contributed by atoms with E-state index in [4.69, 9.17) is 18.9 Å². The van der Waals surface area contributed by atoms with E-state index in [1.807, 2.05) is 37.1 Å². The van der Waals surface area contributed by atoms with E-state index in [9.17, 15) is 24.6 Å². The molecule has 2 saturated heterocycles. The number of esters is 3. The number of allylic oxidation sites excluding steroid dienone is 1. The maximum absolute atomic E-state index is 15.4. The number of aliphatic hydroxyl groups is 1. The Morgan fingerprint density at radius 2 is 1.79 bits per heavy atom. The first kappa shape index (κ1) is 42.5. The zero-order valence-electron chi connectivity index (χ0n) is 36.7. The Hall–Kier alpha value is -4.76. The predicted molar refractivity (Wildman–Crippen MR) is 232 cm³/mol. The van der Waals surface area contributed by atoms with E-state index < -0.39 is 63.9 Å². The second-order valence-corrected chi connectivity index (χ2v) is 18.6. The number of likely N-dealkylation sites (tertiary alicyclic amines) is 1. The Kier molecular flexibility index (Phi) is 10.4. The number of nitrogens with zero attached hydrogens (tertiary/aromatic N) is 3. The molecular weight excluding hydrogens is 789 g/mol. The summed E-state index contributed by atoms with van der Waals surface area (Å²) in [6, 6.07) is 4.69. The summed E-state index contributed by atoms with van der Waals surface area (Å²) in [5, 5.41) is 22.8. The van der Waals surface area contributed by atoms with Crippen LogP contribution >= 0.6 is 0 Å². The van der Waals surface area contributed by atoms with E-state index in [2.05, 4.69) is 54.4 Å². The van der Waals surface area contributed by atoms with Crippen LogP contribution in [-0.2, 0) is 38.1 Å². The van der Waals surface area contributed by atoms with Gasteiger partial charge in [-0.15, -0.1) is 0 Å². The van der Waals surface area contributed by atoms with Gasteiger partial charge in [-0.1, -0.05) is 66.8 Å². The van der Waals surface area contributed by atoms with E-state index in [1.54, 1.807) is 13.2 Å². The molecule has 327 valence electrons. The number of carboxylic acid groups (broad SMARTS) is 1. The molecule has 3 unspecified atom stereocenters. The largest absolute Gasteiger partial charge is 0.478 e. The Bertz CT molecular complexity index is 2320. The molecule has 11 atom stereocenters. The number of benzene rings is 1. The number of carbonyl (C=O) groups is 4. The standard InChI is InChI=1S/C48H57BN3O10/c1-8-28-19-30-23-47(43(56)60-6,39-32(26-51(24-28)25-30)31-20-29(12-14-38(54)55)11-13-35(31)49-39)34-21-33-36(22-37(34)59-5)50(4)41-46(33)16-18-52-17-10-15-45(9-2,40(46)52)42(62-27(3)53)48(41,58)44(57)61-7/h10-15,19-22,30,34,37,40-42,58H,8-9,16-18,23-26H2,1-7H3,(H,54,55)/b14-12+/t30-,34?,37?,40+,41-,42-,45-,46-,47+,48+/m1/s1. The molecule has 6 aliphatic heterocycles. The number of aliphatic carboxylic acids is 1. The second-order valence-electron chi connectivity index (χ2n) is 18.6. The van der Waals surface area contributed by atoms with Gasteiger partial charge in [0.15, 0.2) is 13.4 Å². The van der Waals surface area contributed by atoms with Crippen molar-refractivity contribution < 1.29 is 48.3 Å². The summed E-state index contributed by atoms with van der Waals surface area (Å²) < 4.78 is 24.1. The minimum absolute atomic E-state index is 0.00162. The van der Waals surface area contributed by atoms with Gasteiger partial charge in [-0.25, -0.2) is 9.59 Å². The Morgan fingerprint density at radius 3 is 2.47 bits per heavy atom. The SMILES string of the molecule is CCC1=C[C@H]2CN(C1)CC1=C([B]c3ccc(/C=C/C(=O)O)cc31)[C@@](C(=O)OC)(C1C=C3C(=CC1OC)N(C)[C@H]1[C@@](O)(C(=O)OC)[C@H](OC(C)=O)[C@]4(CC)C=CCN5CC[C@]31[C@@H]54)C2. The Labute approximate surface area is 364 Å². The van der Waals surface area contributed by atoms with Crippen molar-refractivity contribution in [2.45, 2.75) is 76.3 Å². The van der Waals surface area contributed by atoms with Crippen LogP contribution in [-0.4, -0.2) is 147 Å². The molecule has 1 radical (unpaired) electrons. The van der Waals surface area contributed by atoms with Gasteiger partial charge < -0.3 is 34.1 Å². The molecule has 2 aliphatic carbocycles. The molecular formula is C48H57BN3O10. The monoisotopic (exact) mass is 846 g/mol. The van der Waals surface area contributed by atoms with E-state index in [1.165, 1.54) is 26.7 Å². The summed E-state index contributed by atoms with van der Waals surface area (Å²) in [6.07, 6.45) is 13.9. The molecule has 8 aliphatic rings. The van der Waals surface area contributed by atoms with Crippen LogP contribution in [0.3, 0.4) is 0 Å². The van der Waals surface area contributed by atoms with E-state index in [-0.39, 0.29) is 17.9 Å². The number of likely N-dealkylation sites (N-methyl/N-ethyl adjacent to an activating group) is 1. The fourth-order valence-electron chi connectivity index (χ4n) is 13.8. The first-order valence-electron chi connectivity index (χ1n) is 21.9. The minimum atomic E-state index is -2.30. The minimum Gasteiger partial charge on any atom is -0.478 e. The Balaban J connectivity index is 1.31. The molecule has 6 heterocycles. The number of carboxylic acids is 1. The predicted octanol–water partition coefficient (Wildman–Crippen LogP) is 3.32. The molecule has 13 nitrogen and oxygen atoms in total. The molecule has 0 amide bonds. The number of ether oxygens (including phenoxy) is 4. The van der Waals surface area contributed by atoms with Crippen molar-refractivity contribution in [3.8, 4) is 0 Å². The van der Waals surface area contributed by atoms with Gasteiger partial charge in [0.1, 0.15) is 0 Å². The summed E-state index contributed by atoms with van der Waals surface area (Å²) in [5.74, 6) is -3.52. The van der Waals surface area contributed by atoms with Crippen LogP contribution in [0.1, 0.15) is 57.6 Å². The third-order valence-electron chi connectivity index (χ3n) is 15.8. The van der Waals surface area contributed by atoms with Crippen molar-refractivity contribution >= 4 is 48.3 Å². The molecule has 3 fully saturated rings. The molecule has 1 aromatic carbocycles. The normalized spacial score (nSPS) is 37.6. The highest BCUT2D eigenvalue weighted by atomic mass is 16.6. The lowest BCUT2D eigenvalue weighted by molar-refractivity contribution is -0.243. The molecule has 9 rings (SSSR count). The highest BCUT2D eigenvalue weighted by molar-refractivity contribution is 6.67. The van der Waals surface area contributed by atoms with Gasteiger partial charge in [-0.2, -0.15) is 0 Å². The summed E-state index contributed by atoms with van der Waals surface area (Å²) in [7, 11) is 8.35. The van der Waals surface area contributed by atoms with Crippen molar-refractivity contribution in [3.05, 3.63) is 88.1 Å². The van der Waals surface area contributed by atoms with E-state index in [0.29, 0.717) is 38.9 Å². The molecule has 1 aromatic rings. The zero-order valence-corrected chi connectivity index (χ0v) is 36.7. The highest BCUT2D eigenvalue weighted by Gasteiger charge is 2.81. The van der Waals surface area contributed by atoms with Crippen LogP contribution in [0.5, 0.6) is 0 Å². The third-order valence-corrected chi connectivity index (χ3v) is 15.8. The van der Waals surface area contributed by atoms with E-state index >= 15 is 4.79 Å². The molecule has 0 aromatic heterocycles. The van der Waals surface area contributed by atoms with Crippen molar-refractivity contribution in [2.24, 2.45) is 28.1 Å². The first-order valence-corrected chi connectivity index (χ1v) is 21.9. The molecule has 14 heteroatoms. The van der Waals surface area contributed by atoms with Crippen LogP contribution in [0.15, 0.2) is 77.0 Å². The van der Waals surface area contributed by atoms with Gasteiger partial charge >= 0.3 is 23.9 Å². The van der Waals surface area contributed by atoms with Crippen LogP contribution in [0, 0.1) is 28.1 Å². The zero-order chi connectivity index (χ0) is 44.1. The molecule has 2 bridgehead atoms. The molecule has 1 saturated carbocycles. The summed E-state index contributed by atoms with van der Waals surface area (Å²) in [6.45, 7) is 8.90. The van der Waals surface area contributed by atoms with Crippen LogP contribution < -0.4 is 5.46 Å². The van der Waals surface area contributed by atoms with Gasteiger partial charge in [-0.05, 0) is 78.6 Å². The molecule has 1 spiro atoms. The second kappa shape index (κ2) is 15.2. The maximum Gasteiger partial charge on any atom is 0.344 e. The fraction of sp³-hybridized carbons (Fsp3) is 0.542. The van der Waals surface area contributed by atoms with Crippen molar-refractivity contribution in [1.82, 2.24) is 14.7 Å². The van der Waals surface area contributed by atoms with Crippen LogP contribution in [0.4, 0.5) is 0 Å². The number of hydrogen-bond acceptors (Lipinski definition) is 12. The lowest BCUT2D eigenvalue weighted by Crippen LogP contribution is -2.79. The number of hydrogen-bond donors (Lipinski definition) is 2. The smallest absolute Gasteiger partial charge is 0.344 e. The fourth-order valence-corrected chi connectivity index (χ4v) is 13.8. The quantitative estimate of drug-likeness (QED) is 0.123. The summed E-state index contributed by atoms with van der Waals surface area (Å²) in [5.41, 5.74) is 2.01. The molecule has 2 N–H and O–H groups in total. The van der Waals surface area contributed by atoms with Gasteiger partial charge in [0, 0.05) is 81.8 Å². The number of rotatable bonds is 9. The van der Waals surface area contributed by atoms with Crippen molar-refractivity contribution in [1.29, 1.82) is 0 Å². The van der Waals surface area contributed by atoms with Crippen molar-refractivity contribution in [3.63, 3.8) is 0 Å². The highest BCUT2D eigenvalue weighted by Crippen LogP contribution is 2.70. The van der Waals surface area contributed by atoms with Crippen LogP contribution in [0.25, 0.3) is 11.6 Å². The average Bonchev–Trinajstić information content (AvgIpc) is 3.91. The lowest BCUT2D eigenvalue weighted by atomic mass is 9.46. The Morgan fingerprint density at radius 1 is 1.02 bits per heavy atom. The van der Waals surface area contributed by atoms with Gasteiger partial charge in [-0.3, -0.25) is 19.4 Å². The number of methoxy groups -OCH3 is 3. The molecule has 62 heavy (non-hydrogen) atoms. The van der Waals surface area contributed by atoms with Gasteiger partial charge in [0.25, 0.3) is 0 Å². The summed E-state index contributed by atoms with van der Waals surface area (Å²) in [4.78, 5) is 61.2.